The molecule has 57 heavy (non-hydrogen) atoms. The van der Waals surface area contributed by atoms with Gasteiger partial charge in [0.05, 0.1) is 28.6 Å². The van der Waals surface area contributed by atoms with Gasteiger partial charge >= 0.3 is 24.3 Å². The van der Waals surface area contributed by atoms with E-state index in [4.69, 9.17) is 31.5 Å². The lowest BCUT2D eigenvalue weighted by molar-refractivity contribution is -0.141. The summed E-state index contributed by atoms with van der Waals surface area (Å²) in [6, 6.07) is 0.857. The number of nitrogens with one attached hydrogen (secondary N) is 1. The number of nitrogens with two attached hydrogens (primary N) is 1. The van der Waals surface area contributed by atoms with Gasteiger partial charge in [0.15, 0.2) is 5.82 Å². The number of carbonyl (C=O) groups excluding carboxylic acids is 2. The lowest BCUT2D eigenvalue weighted by Crippen LogP contribution is -2.51. The number of pyridine rings is 1. The van der Waals surface area contributed by atoms with Crippen molar-refractivity contribution in [1.82, 2.24) is 25.2 Å². The lowest BCUT2D eigenvalue weighted by atomic mass is 9.95. The summed E-state index contributed by atoms with van der Waals surface area (Å²) in [4.78, 5) is 41.4. The fourth-order valence-electron chi connectivity index (χ4n) is 8.04. The first-order chi connectivity index (χ1) is 27.1. The molecule has 2 bridgehead atoms. The van der Waals surface area contributed by atoms with Gasteiger partial charge in [-0.1, -0.05) is 33.2 Å². The van der Waals surface area contributed by atoms with Crippen molar-refractivity contribution in [3.8, 4) is 23.0 Å². The highest BCUT2D eigenvalue weighted by Crippen LogP contribution is 2.46. The van der Waals surface area contributed by atoms with E-state index in [1.165, 1.54) is 34.9 Å². The number of ether oxygens (including phenoxy) is 4. The number of rotatable bonds is 13. The molecule has 21 heteroatoms. The number of anilines is 1. The minimum atomic E-state index is -5.08. The standard InChI is InChI=1S/C36H41ClF5N7O6S2/c1-18(57-56-16-26(43)32(50)52-2)15-53-34(51)55-22-8-23(27(25(37)9-22)36(40,41)42)29-28(39)30-24(11-44-29)31(48-13-20-4-5-21(14-48)45-20)47-33(46-30)54-17-35-6-3-7-49(35)12-19(38)10-35/h8-9,11,18-21,26,45H,3-7,10,12-17,43H2,1-2H3/t18?,19-,20?,21?,26+,35?/m1/s1. The summed E-state index contributed by atoms with van der Waals surface area (Å²) in [5.41, 5.74) is 1.85. The molecule has 0 amide bonds. The molecule has 0 spiro atoms. The van der Waals surface area contributed by atoms with Crippen molar-refractivity contribution in [2.24, 2.45) is 5.73 Å². The Balaban J connectivity index is 1.18. The van der Waals surface area contributed by atoms with Crippen LogP contribution in [0.2, 0.25) is 5.02 Å². The zero-order chi connectivity index (χ0) is 40.6. The predicted octanol–water partition coefficient (Wildman–Crippen LogP) is 6.18. The molecule has 4 aliphatic heterocycles. The molecule has 7 rings (SSSR count). The van der Waals surface area contributed by atoms with Crippen LogP contribution in [0, 0.1) is 5.82 Å². The maximum Gasteiger partial charge on any atom is 0.513 e. The number of nitrogens with zero attached hydrogens (tertiary/aromatic N) is 5. The number of aromatic nitrogens is 3. The molecule has 310 valence electrons. The predicted molar refractivity (Wildman–Crippen MR) is 205 cm³/mol. The smallest absolute Gasteiger partial charge is 0.468 e. The monoisotopic (exact) mass is 861 g/mol. The van der Waals surface area contributed by atoms with Crippen LogP contribution in [-0.4, -0.2) is 119 Å². The minimum absolute atomic E-state index is 0.0495. The summed E-state index contributed by atoms with van der Waals surface area (Å²) in [6.07, 6.45) is -2.42. The van der Waals surface area contributed by atoms with E-state index in [-0.39, 0.29) is 66.2 Å². The second-order valence-electron chi connectivity index (χ2n) is 14.7. The molecule has 1 aromatic carbocycles. The Kier molecular flexibility index (Phi) is 12.5. The third kappa shape index (κ3) is 9.10. The zero-order valence-electron chi connectivity index (χ0n) is 31.0. The van der Waals surface area contributed by atoms with Crippen molar-refractivity contribution in [3.05, 3.63) is 34.7 Å². The van der Waals surface area contributed by atoms with Crippen molar-refractivity contribution >= 4 is 62.0 Å². The highest BCUT2D eigenvalue weighted by atomic mass is 35.5. The number of fused-ring (bicyclic) bond motifs is 4. The van der Waals surface area contributed by atoms with Crippen LogP contribution in [-0.2, 0) is 20.4 Å². The molecule has 4 fully saturated rings. The molecular weight excluding hydrogens is 821 g/mol. The van der Waals surface area contributed by atoms with Gasteiger partial charge < -0.3 is 34.9 Å². The number of piperazine rings is 1. The number of alkyl halides is 4. The molecule has 0 aliphatic carbocycles. The number of hydrogen-bond acceptors (Lipinski definition) is 15. The first kappa shape index (κ1) is 41.7. The Morgan fingerprint density at radius 2 is 1.93 bits per heavy atom. The van der Waals surface area contributed by atoms with E-state index in [9.17, 15) is 27.2 Å². The molecule has 6 atom stereocenters. The van der Waals surface area contributed by atoms with E-state index in [0.717, 1.165) is 37.9 Å². The van der Waals surface area contributed by atoms with E-state index in [0.29, 0.717) is 25.3 Å². The van der Waals surface area contributed by atoms with Crippen molar-refractivity contribution in [3.63, 3.8) is 0 Å². The van der Waals surface area contributed by atoms with Gasteiger partial charge in [-0.05, 0) is 45.2 Å². The van der Waals surface area contributed by atoms with Crippen molar-refractivity contribution < 1.29 is 50.5 Å². The van der Waals surface area contributed by atoms with Gasteiger partial charge in [-0.3, -0.25) is 14.7 Å². The Hall–Kier alpha value is -3.43. The largest absolute Gasteiger partial charge is 0.513 e. The fourth-order valence-corrected chi connectivity index (χ4v) is 10.6. The summed E-state index contributed by atoms with van der Waals surface area (Å²) in [5, 5.41) is 2.50. The third-order valence-corrected chi connectivity index (χ3v) is 13.8. The summed E-state index contributed by atoms with van der Waals surface area (Å²) in [7, 11) is 3.75. The molecule has 4 aliphatic rings. The number of esters is 1. The molecule has 0 radical (unpaired) electrons. The fraction of sp³-hybridized carbons (Fsp3) is 0.583. The van der Waals surface area contributed by atoms with Crippen LogP contribution in [0.25, 0.3) is 22.2 Å². The summed E-state index contributed by atoms with van der Waals surface area (Å²) in [6.45, 7) is 3.70. The van der Waals surface area contributed by atoms with Gasteiger partial charge in [0.25, 0.3) is 0 Å². The van der Waals surface area contributed by atoms with Crippen molar-refractivity contribution in [2.45, 2.75) is 80.3 Å². The number of benzene rings is 1. The maximum absolute atomic E-state index is 16.9. The van der Waals surface area contributed by atoms with Crippen LogP contribution >= 0.6 is 33.2 Å². The molecule has 0 saturated carbocycles. The quantitative estimate of drug-likeness (QED) is 0.0869. The average molecular weight is 862 g/mol. The molecule has 3 N–H and O–H groups in total. The Morgan fingerprint density at radius 3 is 2.65 bits per heavy atom. The molecule has 2 aromatic heterocycles. The molecule has 13 nitrogen and oxygen atoms in total. The normalized spacial score (nSPS) is 24.4. The highest BCUT2D eigenvalue weighted by Gasteiger charge is 2.49. The van der Waals surface area contributed by atoms with E-state index in [1.54, 1.807) is 6.92 Å². The SMILES string of the molecule is COC(=O)[C@@H](N)CSSC(C)COC(=O)Oc1cc(Cl)c(C(F)(F)F)c(-c2ncc3c(N4CC5CCC(C4)N5)nc(OCC45CCCN4C[C@H](F)C5)nc3c2F)c1. The van der Waals surface area contributed by atoms with Gasteiger partial charge in [-0.15, -0.1) is 0 Å². The third-order valence-electron chi connectivity index (χ3n) is 10.6. The zero-order valence-corrected chi connectivity index (χ0v) is 33.3. The van der Waals surface area contributed by atoms with E-state index < -0.39 is 69.5 Å². The van der Waals surface area contributed by atoms with Gasteiger partial charge in [0, 0.05) is 67.0 Å². The Bertz CT molecular complexity index is 2000. The number of methoxy groups -OCH3 is 1. The minimum Gasteiger partial charge on any atom is -0.468 e. The van der Waals surface area contributed by atoms with Crippen LogP contribution in [0.5, 0.6) is 11.8 Å². The second kappa shape index (κ2) is 17.0. The van der Waals surface area contributed by atoms with Crippen molar-refractivity contribution in [2.75, 3.05) is 57.2 Å². The van der Waals surface area contributed by atoms with Crippen molar-refractivity contribution in [1.29, 1.82) is 0 Å². The second-order valence-corrected chi connectivity index (χ2v) is 18.0. The maximum atomic E-state index is 16.9. The first-order valence-electron chi connectivity index (χ1n) is 18.4. The first-order valence-corrected chi connectivity index (χ1v) is 21.2. The highest BCUT2D eigenvalue weighted by molar-refractivity contribution is 8.77. The number of hydrogen-bond donors (Lipinski definition) is 2. The van der Waals surface area contributed by atoms with Crippen LogP contribution in [0.1, 0.15) is 44.6 Å². The van der Waals surface area contributed by atoms with Crippen LogP contribution in [0.15, 0.2) is 18.3 Å². The molecule has 3 aromatic rings. The van der Waals surface area contributed by atoms with E-state index >= 15 is 4.39 Å². The average Bonchev–Trinajstić information content (AvgIpc) is 3.81. The Morgan fingerprint density at radius 1 is 1.18 bits per heavy atom. The van der Waals surface area contributed by atoms with Gasteiger partial charge in [0.1, 0.15) is 48.2 Å². The van der Waals surface area contributed by atoms with Gasteiger partial charge in [-0.2, -0.15) is 23.1 Å². The molecule has 4 saturated heterocycles. The molecular formula is C36H41ClF5N7O6S2. The number of carbonyl (C=O) groups is 2. The van der Waals surface area contributed by atoms with Gasteiger partial charge in [0.2, 0.25) is 0 Å². The lowest BCUT2D eigenvalue weighted by Gasteiger charge is -2.34. The van der Waals surface area contributed by atoms with Crippen LogP contribution < -0.4 is 25.4 Å². The Labute approximate surface area is 337 Å². The van der Waals surface area contributed by atoms with E-state index in [1.807, 2.05) is 9.80 Å². The van der Waals surface area contributed by atoms with Gasteiger partial charge in [-0.25, -0.2) is 13.6 Å². The number of halogens is 6. The summed E-state index contributed by atoms with van der Waals surface area (Å²) >= 11 is 6.17. The summed E-state index contributed by atoms with van der Waals surface area (Å²) < 4.78 is 96.3. The topological polar surface area (TPSA) is 154 Å². The summed E-state index contributed by atoms with van der Waals surface area (Å²) in [5.74, 6) is -1.69. The molecule has 6 heterocycles. The molecule has 4 unspecified atom stereocenters. The van der Waals surface area contributed by atoms with Crippen LogP contribution in [0.4, 0.5) is 32.6 Å². The van der Waals surface area contributed by atoms with Crippen LogP contribution in [0.3, 0.4) is 0 Å². The van der Waals surface area contributed by atoms with E-state index in [2.05, 4.69) is 25.0 Å².